The van der Waals surface area contributed by atoms with E-state index in [0.29, 0.717) is 10.0 Å². The molecule has 15 heavy (non-hydrogen) atoms. The Kier molecular flexibility index (Phi) is 3.55. The van der Waals surface area contributed by atoms with Gasteiger partial charge in [0.05, 0.1) is 6.26 Å². The minimum atomic E-state index is 0.0634. The maximum atomic E-state index is 6.13. The lowest BCUT2D eigenvalue weighted by Crippen LogP contribution is -2.00. The Morgan fingerprint density at radius 1 is 1.27 bits per heavy atom. The highest BCUT2D eigenvalue weighted by molar-refractivity contribution is 6.35. The Morgan fingerprint density at radius 3 is 2.93 bits per heavy atom. The van der Waals surface area contributed by atoms with Gasteiger partial charge in [-0.1, -0.05) is 29.3 Å². The van der Waals surface area contributed by atoms with Crippen LogP contribution in [-0.2, 0) is 4.74 Å². The first-order valence-electron chi connectivity index (χ1n) is 5.03. The summed E-state index contributed by atoms with van der Waals surface area (Å²) < 4.78 is 5.60. The van der Waals surface area contributed by atoms with E-state index in [1.165, 1.54) is 0 Å². The number of rotatable bonds is 1. The molecule has 1 aliphatic heterocycles. The van der Waals surface area contributed by atoms with E-state index in [2.05, 4.69) is 0 Å². The monoisotopic (exact) mass is 242 g/mol. The number of hydrogen-bond acceptors (Lipinski definition) is 1. The number of allylic oxidation sites excluding steroid dienone is 1. The van der Waals surface area contributed by atoms with Gasteiger partial charge in [-0.05, 0) is 37.5 Å². The Labute approximate surface area is 99.6 Å². The maximum absolute atomic E-state index is 6.13. The molecule has 0 spiro atoms. The van der Waals surface area contributed by atoms with E-state index in [1.807, 2.05) is 18.2 Å². The molecule has 0 saturated carbocycles. The van der Waals surface area contributed by atoms with Gasteiger partial charge in [-0.25, -0.2) is 0 Å². The second-order valence-corrected chi connectivity index (χ2v) is 4.44. The molecule has 0 saturated heterocycles. The highest BCUT2D eigenvalue weighted by atomic mass is 35.5. The molecule has 3 heteroatoms. The van der Waals surface area contributed by atoms with E-state index in [1.54, 1.807) is 12.3 Å². The van der Waals surface area contributed by atoms with Crippen molar-refractivity contribution in [2.75, 3.05) is 0 Å². The first-order chi connectivity index (χ1) is 7.27. The topological polar surface area (TPSA) is 9.23 Å². The Balaban J connectivity index is 2.24. The average molecular weight is 243 g/mol. The molecule has 1 nitrogen and oxygen atoms in total. The maximum Gasteiger partial charge on any atom is 0.124 e. The molecule has 1 aromatic rings. The zero-order chi connectivity index (χ0) is 10.7. The predicted molar refractivity (Wildman–Crippen MR) is 63.3 cm³/mol. The largest absolute Gasteiger partial charge is 0.494 e. The standard InChI is InChI=1S/C12H12Cl2O/c13-9-5-6-10(11(14)8-9)12-4-2-1-3-7-15-12/h3,5-8,12H,1-2,4H2. The second-order valence-electron chi connectivity index (χ2n) is 3.59. The summed E-state index contributed by atoms with van der Waals surface area (Å²) in [5.41, 5.74) is 1.02. The summed E-state index contributed by atoms with van der Waals surface area (Å²) in [6.45, 7) is 0. The van der Waals surface area contributed by atoms with Gasteiger partial charge in [0.15, 0.2) is 0 Å². The lowest BCUT2D eigenvalue weighted by Gasteiger charge is -2.16. The van der Waals surface area contributed by atoms with E-state index in [9.17, 15) is 0 Å². The minimum absolute atomic E-state index is 0.0634. The molecule has 0 aromatic heterocycles. The van der Waals surface area contributed by atoms with Crippen LogP contribution in [0.25, 0.3) is 0 Å². The first-order valence-corrected chi connectivity index (χ1v) is 5.78. The number of hydrogen-bond donors (Lipinski definition) is 0. The van der Waals surface area contributed by atoms with Gasteiger partial charge in [-0.2, -0.15) is 0 Å². The quantitative estimate of drug-likeness (QED) is 0.691. The van der Waals surface area contributed by atoms with Crippen molar-refractivity contribution in [1.82, 2.24) is 0 Å². The third-order valence-electron chi connectivity index (χ3n) is 2.49. The highest BCUT2D eigenvalue weighted by Crippen LogP contribution is 2.32. The molecule has 0 radical (unpaired) electrons. The molecule has 1 atom stereocenters. The molecule has 1 heterocycles. The van der Waals surface area contributed by atoms with Crippen molar-refractivity contribution >= 4 is 23.2 Å². The fourth-order valence-corrected chi connectivity index (χ4v) is 2.23. The molecule has 1 unspecified atom stereocenters. The summed E-state index contributed by atoms with van der Waals surface area (Å²) in [6, 6.07) is 5.55. The lowest BCUT2D eigenvalue weighted by atomic mass is 10.0. The predicted octanol–water partition coefficient (Wildman–Crippen LogP) is 4.75. The smallest absolute Gasteiger partial charge is 0.124 e. The first kappa shape index (κ1) is 10.8. The van der Waals surface area contributed by atoms with Crippen LogP contribution in [0, 0.1) is 0 Å². The lowest BCUT2D eigenvalue weighted by molar-refractivity contribution is 0.141. The second kappa shape index (κ2) is 4.91. The molecule has 80 valence electrons. The number of benzene rings is 1. The van der Waals surface area contributed by atoms with E-state index in [-0.39, 0.29) is 6.10 Å². The highest BCUT2D eigenvalue weighted by Gasteiger charge is 2.16. The summed E-state index contributed by atoms with van der Waals surface area (Å²) >= 11 is 12.0. The van der Waals surface area contributed by atoms with E-state index in [4.69, 9.17) is 27.9 Å². The van der Waals surface area contributed by atoms with Gasteiger partial charge in [0.1, 0.15) is 6.10 Å². The summed E-state index contributed by atoms with van der Waals surface area (Å²) in [7, 11) is 0. The molecular weight excluding hydrogens is 231 g/mol. The van der Waals surface area contributed by atoms with Crippen molar-refractivity contribution in [3.8, 4) is 0 Å². The summed E-state index contributed by atoms with van der Waals surface area (Å²) in [6.07, 6.45) is 7.07. The van der Waals surface area contributed by atoms with Crippen LogP contribution in [0.1, 0.15) is 30.9 Å². The number of ether oxygens (including phenoxy) is 1. The zero-order valence-electron chi connectivity index (χ0n) is 8.25. The van der Waals surface area contributed by atoms with Crippen LogP contribution >= 0.6 is 23.2 Å². The molecule has 0 fully saturated rings. The third-order valence-corrected chi connectivity index (χ3v) is 3.05. The van der Waals surface area contributed by atoms with Crippen molar-refractivity contribution in [3.05, 3.63) is 46.1 Å². The van der Waals surface area contributed by atoms with Crippen LogP contribution in [-0.4, -0.2) is 0 Å². The van der Waals surface area contributed by atoms with Crippen LogP contribution in [0.5, 0.6) is 0 Å². The van der Waals surface area contributed by atoms with Crippen LogP contribution in [0.2, 0.25) is 10.0 Å². The van der Waals surface area contributed by atoms with Crippen molar-refractivity contribution < 1.29 is 4.74 Å². The molecule has 1 aromatic carbocycles. The Hall–Kier alpha value is -0.660. The van der Waals surface area contributed by atoms with Gasteiger partial charge in [-0.3, -0.25) is 0 Å². The van der Waals surface area contributed by atoms with Crippen LogP contribution in [0.3, 0.4) is 0 Å². The van der Waals surface area contributed by atoms with Gasteiger partial charge in [-0.15, -0.1) is 0 Å². The Bertz CT molecular complexity index is 374. The minimum Gasteiger partial charge on any atom is -0.494 e. The van der Waals surface area contributed by atoms with E-state index >= 15 is 0 Å². The van der Waals surface area contributed by atoms with Gasteiger partial charge in [0.25, 0.3) is 0 Å². The molecule has 0 amide bonds. The van der Waals surface area contributed by atoms with Crippen LogP contribution in [0.4, 0.5) is 0 Å². The Morgan fingerprint density at radius 2 is 2.13 bits per heavy atom. The molecule has 0 N–H and O–H groups in total. The van der Waals surface area contributed by atoms with Gasteiger partial charge in [0, 0.05) is 15.6 Å². The molecule has 1 aliphatic rings. The molecule has 0 aliphatic carbocycles. The molecule has 0 bridgehead atoms. The van der Waals surface area contributed by atoms with Gasteiger partial charge < -0.3 is 4.74 Å². The summed E-state index contributed by atoms with van der Waals surface area (Å²) in [5, 5.41) is 1.34. The molecule has 2 rings (SSSR count). The van der Waals surface area contributed by atoms with Crippen LogP contribution in [0.15, 0.2) is 30.5 Å². The van der Waals surface area contributed by atoms with Gasteiger partial charge >= 0.3 is 0 Å². The van der Waals surface area contributed by atoms with Crippen molar-refractivity contribution in [2.45, 2.75) is 25.4 Å². The van der Waals surface area contributed by atoms with Crippen molar-refractivity contribution in [1.29, 1.82) is 0 Å². The van der Waals surface area contributed by atoms with Crippen LogP contribution < -0.4 is 0 Å². The SMILES string of the molecule is Clc1ccc(C2CCCC=CO2)c(Cl)c1. The summed E-state index contributed by atoms with van der Waals surface area (Å²) in [4.78, 5) is 0. The van der Waals surface area contributed by atoms with Crippen molar-refractivity contribution in [3.63, 3.8) is 0 Å². The van der Waals surface area contributed by atoms with E-state index in [0.717, 1.165) is 24.8 Å². The fourth-order valence-electron chi connectivity index (χ4n) is 1.70. The van der Waals surface area contributed by atoms with E-state index < -0.39 is 0 Å². The fraction of sp³-hybridized carbons (Fsp3) is 0.333. The van der Waals surface area contributed by atoms with Crippen molar-refractivity contribution in [2.24, 2.45) is 0 Å². The average Bonchev–Trinajstić information content (AvgIpc) is 2.46. The molecular formula is C12H12Cl2O. The van der Waals surface area contributed by atoms with Gasteiger partial charge in [0.2, 0.25) is 0 Å². The zero-order valence-corrected chi connectivity index (χ0v) is 9.76. The summed E-state index contributed by atoms with van der Waals surface area (Å²) in [5.74, 6) is 0. The number of halogens is 2. The normalized spacial score (nSPS) is 20.8. The third kappa shape index (κ3) is 2.67.